The molecule has 0 fully saturated rings. The maximum Gasteiger partial charge on any atom is 0.131 e. The van der Waals surface area contributed by atoms with Crippen LogP contribution in [0.1, 0.15) is 17.3 Å². The third-order valence-corrected chi connectivity index (χ3v) is 3.66. The number of hydrogen-bond acceptors (Lipinski definition) is 3. The standard InChI is InChI=1S/C16H17FN4/c1-21-9-8-11(20-21)10-16(19-18)14-6-7-15(17)13-5-3-2-4-12(13)14/h2-9,16,19H,10,18H2,1H3. The van der Waals surface area contributed by atoms with Crippen LogP contribution in [0.3, 0.4) is 0 Å². The summed E-state index contributed by atoms with van der Waals surface area (Å²) < 4.78 is 15.7. The van der Waals surface area contributed by atoms with E-state index in [4.69, 9.17) is 5.84 Å². The van der Waals surface area contributed by atoms with Gasteiger partial charge in [0.05, 0.1) is 11.7 Å². The molecule has 3 N–H and O–H groups in total. The Labute approximate surface area is 122 Å². The van der Waals surface area contributed by atoms with E-state index in [0.29, 0.717) is 11.8 Å². The summed E-state index contributed by atoms with van der Waals surface area (Å²) in [5, 5.41) is 5.85. The van der Waals surface area contributed by atoms with Gasteiger partial charge in [0.1, 0.15) is 5.82 Å². The maximum atomic E-state index is 13.9. The second-order valence-corrected chi connectivity index (χ2v) is 5.09. The second-order valence-electron chi connectivity index (χ2n) is 5.09. The first-order valence-corrected chi connectivity index (χ1v) is 6.81. The van der Waals surface area contributed by atoms with Crippen LogP contribution in [0.4, 0.5) is 4.39 Å². The monoisotopic (exact) mass is 284 g/mol. The minimum absolute atomic E-state index is 0.120. The van der Waals surface area contributed by atoms with Crippen molar-refractivity contribution >= 4 is 10.8 Å². The summed E-state index contributed by atoms with van der Waals surface area (Å²) in [6, 6.07) is 12.5. The smallest absolute Gasteiger partial charge is 0.131 e. The van der Waals surface area contributed by atoms with Gasteiger partial charge in [0.2, 0.25) is 0 Å². The normalized spacial score (nSPS) is 12.7. The Morgan fingerprint density at radius 2 is 1.95 bits per heavy atom. The predicted molar refractivity (Wildman–Crippen MR) is 80.9 cm³/mol. The van der Waals surface area contributed by atoms with Crippen molar-refractivity contribution in [2.24, 2.45) is 12.9 Å². The zero-order valence-electron chi connectivity index (χ0n) is 11.8. The van der Waals surface area contributed by atoms with Crippen LogP contribution in [0.25, 0.3) is 10.8 Å². The summed E-state index contributed by atoms with van der Waals surface area (Å²) in [4.78, 5) is 0. The van der Waals surface area contributed by atoms with E-state index in [0.717, 1.165) is 16.6 Å². The molecular formula is C16H17FN4. The van der Waals surface area contributed by atoms with Crippen LogP contribution in [0.5, 0.6) is 0 Å². The molecule has 3 rings (SSSR count). The first-order valence-electron chi connectivity index (χ1n) is 6.81. The molecule has 108 valence electrons. The van der Waals surface area contributed by atoms with Crippen LogP contribution >= 0.6 is 0 Å². The van der Waals surface area contributed by atoms with Gasteiger partial charge < -0.3 is 0 Å². The SMILES string of the molecule is Cn1ccc(CC(NN)c2ccc(F)c3ccccc23)n1. The molecule has 1 heterocycles. The molecule has 0 aliphatic rings. The van der Waals surface area contributed by atoms with Crippen molar-refractivity contribution in [2.45, 2.75) is 12.5 Å². The van der Waals surface area contributed by atoms with E-state index in [9.17, 15) is 4.39 Å². The number of aromatic nitrogens is 2. The molecule has 3 aromatic rings. The number of aryl methyl sites for hydroxylation is 1. The van der Waals surface area contributed by atoms with E-state index >= 15 is 0 Å². The first kappa shape index (κ1) is 13.7. The van der Waals surface area contributed by atoms with Gasteiger partial charge in [0.25, 0.3) is 0 Å². The fraction of sp³-hybridized carbons (Fsp3) is 0.188. The number of nitrogens with two attached hydrogens (primary N) is 1. The minimum atomic E-state index is -0.219. The lowest BCUT2D eigenvalue weighted by Crippen LogP contribution is -2.30. The van der Waals surface area contributed by atoms with Crippen LogP contribution in [-0.4, -0.2) is 9.78 Å². The largest absolute Gasteiger partial charge is 0.276 e. The van der Waals surface area contributed by atoms with Gasteiger partial charge in [-0.15, -0.1) is 0 Å². The summed E-state index contributed by atoms with van der Waals surface area (Å²) >= 11 is 0. The Balaban J connectivity index is 2.03. The molecular weight excluding hydrogens is 267 g/mol. The van der Waals surface area contributed by atoms with Gasteiger partial charge >= 0.3 is 0 Å². The van der Waals surface area contributed by atoms with Gasteiger partial charge in [-0.1, -0.05) is 30.3 Å². The zero-order chi connectivity index (χ0) is 14.8. The summed E-state index contributed by atoms with van der Waals surface area (Å²) in [5.74, 6) is 5.49. The van der Waals surface area contributed by atoms with Crippen molar-refractivity contribution in [3.05, 3.63) is 65.7 Å². The molecule has 1 aromatic heterocycles. The quantitative estimate of drug-likeness (QED) is 0.571. The summed E-state index contributed by atoms with van der Waals surface area (Å²) in [6.07, 6.45) is 2.54. The average molecular weight is 284 g/mol. The van der Waals surface area contributed by atoms with Crippen molar-refractivity contribution in [1.82, 2.24) is 15.2 Å². The highest BCUT2D eigenvalue weighted by Gasteiger charge is 2.16. The van der Waals surface area contributed by atoms with Crippen LogP contribution in [0, 0.1) is 5.82 Å². The predicted octanol–water partition coefficient (Wildman–Crippen LogP) is 2.46. The number of hydrogen-bond donors (Lipinski definition) is 2. The van der Waals surface area contributed by atoms with Gasteiger partial charge in [-0.25, -0.2) is 4.39 Å². The molecule has 0 saturated heterocycles. The lowest BCUT2D eigenvalue weighted by atomic mass is 9.96. The Morgan fingerprint density at radius 1 is 1.19 bits per heavy atom. The lowest BCUT2D eigenvalue weighted by molar-refractivity contribution is 0.543. The van der Waals surface area contributed by atoms with E-state index in [1.807, 2.05) is 37.5 Å². The molecule has 2 aromatic carbocycles. The molecule has 5 heteroatoms. The third kappa shape index (κ3) is 2.66. The number of rotatable bonds is 4. The highest BCUT2D eigenvalue weighted by molar-refractivity contribution is 5.86. The Kier molecular flexibility index (Phi) is 3.68. The van der Waals surface area contributed by atoms with Crippen molar-refractivity contribution in [1.29, 1.82) is 0 Å². The molecule has 21 heavy (non-hydrogen) atoms. The molecule has 0 aliphatic heterocycles. The van der Waals surface area contributed by atoms with E-state index in [-0.39, 0.29) is 11.9 Å². The summed E-state index contributed by atoms with van der Waals surface area (Å²) in [6.45, 7) is 0. The fourth-order valence-electron chi connectivity index (χ4n) is 2.63. The second kappa shape index (κ2) is 5.63. The number of hydrazine groups is 1. The van der Waals surface area contributed by atoms with Crippen molar-refractivity contribution < 1.29 is 4.39 Å². The topological polar surface area (TPSA) is 55.9 Å². The molecule has 0 amide bonds. The van der Waals surface area contributed by atoms with Gasteiger partial charge in [0, 0.05) is 25.1 Å². The molecule has 4 nitrogen and oxygen atoms in total. The van der Waals surface area contributed by atoms with Crippen LogP contribution in [0.2, 0.25) is 0 Å². The highest BCUT2D eigenvalue weighted by Crippen LogP contribution is 2.27. The number of fused-ring (bicyclic) bond motifs is 1. The van der Waals surface area contributed by atoms with Crippen molar-refractivity contribution in [3.63, 3.8) is 0 Å². The van der Waals surface area contributed by atoms with Crippen LogP contribution in [0.15, 0.2) is 48.7 Å². The van der Waals surface area contributed by atoms with Crippen molar-refractivity contribution in [3.8, 4) is 0 Å². The summed E-state index contributed by atoms with van der Waals surface area (Å²) in [5.41, 5.74) is 4.73. The van der Waals surface area contributed by atoms with E-state index < -0.39 is 0 Å². The Bertz CT molecular complexity index is 766. The fourth-order valence-corrected chi connectivity index (χ4v) is 2.63. The number of benzene rings is 2. The molecule has 0 saturated carbocycles. The minimum Gasteiger partial charge on any atom is -0.276 e. The highest BCUT2D eigenvalue weighted by atomic mass is 19.1. The molecule has 0 spiro atoms. The molecule has 1 unspecified atom stereocenters. The number of nitrogens with zero attached hydrogens (tertiary/aromatic N) is 2. The molecule has 1 atom stereocenters. The third-order valence-electron chi connectivity index (χ3n) is 3.66. The van der Waals surface area contributed by atoms with Gasteiger partial charge in [0.15, 0.2) is 0 Å². The van der Waals surface area contributed by atoms with Gasteiger partial charge in [-0.3, -0.25) is 16.0 Å². The number of halogens is 1. The van der Waals surface area contributed by atoms with Crippen LogP contribution < -0.4 is 11.3 Å². The van der Waals surface area contributed by atoms with Crippen LogP contribution in [-0.2, 0) is 13.5 Å². The molecule has 0 radical (unpaired) electrons. The van der Waals surface area contributed by atoms with E-state index in [2.05, 4.69) is 10.5 Å². The van der Waals surface area contributed by atoms with Gasteiger partial charge in [-0.2, -0.15) is 5.10 Å². The van der Waals surface area contributed by atoms with Gasteiger partial charge in [-0.05, 0) is 23.1 Å². The molecule has 0 bridgehead atoms. The van der Waals surface area contributed by atoms with Crippen molar-refractivity contribution in [2.75, 3.05) is 0 Å². The Hall–Kier alpha value is -2.24. The zero-order valence-corrected chi connectivity index (χ0v) is 11.8. The van der Waals surface area contributed by atoms with E-state index in [1.54, 1.807) is 16.8 Å². The van der Waals surface area contributed by atoms with E-state index in [1.165, 1.54) is 6.07 Å². The lowest BCUT2D eigenvalue weighted by Gasteiger charge is -2.18. The summed E-state index contributed by atoms with van der Waals surface area (Å²) in [7, 11) is 1.88. The maximum absolute atomic E-state index is 13.9. The first-order chi connectivity index (χ1) is 10.2. The Morgan fingerprint density at radius 3 is 2.62 bits per heavy atom. The average Bonchev–Trinajstić information content (AvgIpc) is 2.91. The molecule has 0 aliphatic carbocycles. The number of nitrogens with one attached hydrogen (secondary N) is 1.